The fraction of sp³-hybridized carbons (Fsp3) is 0.882. The number of tetrazole rings is 2. The minimum Gasteiger partial charge on any atom is -0.381 e. The van der Waals surface area contributed by atoms with Crippen LogP contribution in [0.5, 0.6) is 0 Å². The average Bonchev–Trinajstić information content (AvgIpc) is 3.24. The molecule has 0 radical (unpaired) electrons. The van der Waals surface area contributed by atoms with Crippen LogP contribution in [0.3, 0.4) is 0 Å². The van der Waals surface area contributed by atoms with E-state index >= 15 is 0 Å². The van der Waals surface area contributed by atoms with Gasteiger partial charge < -0.3 is 9.47 Å². The molecule has 152 valence electrons. The molecule has 0 aliphatic rings. The first-order valence-corrected chi connectivity index (χ1v) is 9.38. The van der Waals surface area contributed by atoms with Crippen LogP contribution >= 0.6 is 0 Å². The highest BCUT2D eigenvalue weighted by Crippen LogP contribution is 2.27. The van der Waals surface area contributed by atoms with Crippen LogP contribution < -0.4 is 0 Å². The molecule has 0 aromatic carbocycles. The predicted octanol–water partition coefficient (Wildman–Crippen LogP) is 2.13. The second kappa shape index (κ2) is 9.84. The minimum absolute atomic E-state index is 0.0732. The largest absolute Gasteiger partial charge is 0.381 e. The van der Waals surface area contributed by atoms with Crippen molar-refractivity contribution in [2.24, 2.45) is 10.8 Å². The molecule has 0 amide bonds. The molecule has 10 nitrogen and oxygen atoms in total. The Labute approximate surface area is 160 Å². The first-order chi connectivity index (χ1) is 12.8. The molecule has 27 heavy (non-hydrogen) atoms. The van der Waals surface area contributed by atoms with Gasteiger partial charge in [-0.1, -0.05) is 34.6 Å². The minimum atomic E-state index is -0.157. The molecule has 2 aromatic rings. The summed E-state index contributed by atoms with van der Waals surface area (Å²) in [6.07, 6.45) is 5.68. The van der Waals surface area contributed by atoms with Crippen LogP contribution in [0, 0.1) is 10.8 Å². The van der Waals surface area contributed by atoms with Gasteiger partial charge in [0.05, 0.1) is 6.61 Å². The van der Waals surface area contributed by atoms with Crippen LogP contribution in [0.15, 0.2) is 12.7 Å². The summed E-state index contributed by atoms with van der Waals surface area (Å²) in [5.74, 6) is 0. The molecule has 0 aliphatic heterocycles. The van der Waals surface area contributed by atoms with E-state index in [1.165, 1.54) is 0 Å². The van der Waals surface area contributed by atoms with Crippen molar-refractivity contribution in [1.29, 1.82) is 0 Å². The van der Waals surface area contributed by atoms with Gasteiger partial charge in [-0.3, -0.25) is 0 Å². The lowest BCUT2D eigenvalue weighted by Gasteiger charge is -2.25. The van der Waals surface area contributed by atoms with E-state index in [1.807, 2.05) is 0 Å². The highest BCUT2D eigenvalue weighted by Gasteiger charge is 2.22. The zero-order valence-corrected chi connectivity index (χ0v) is 17.1. The Morgan fingerprint density at radius 1 is 0.926 bits per heavy atom. The van der Waals surface area contributed by atoms with Gasteiger partial charge in [-0.15, -0.1) is 10.2 Å². The van der Waals surface area contributed by atoms with Crippen LogP contribution in [0.1, 0.15) is 60.1 Å². The maximum absolute atomic E-state index is 6.00. The fourth-order valence-corrected chi connectivity index (χ4v) is 2.65. The maximum Gasteiger partial charge on any atom is 0.154 e. The number of ether oxygens (including phenoxy) is 2. The lowest BCUT2D eigenvalue weighted by atomic mass is 9.90. The summed E-state index contributed by atoms with van der Waals surface area (Å²) in [7, 11) is 0. The molecule has 2 aromatic heterocycles. The van der Waals surface area contributed by atoms with Crippen LogP contribution in [0.25, 0.3) is 0 Å². The zero-order valence-electron chi connectivity index (χ0n) is 17.1. The van der Waals surface area contributed by atoms with E-state index in [0.717, 1.165) is 25.8 Å². The molecule has 2 heterocycles. The summed E-state index contributed by atoms with van der Waals surface area (Å²) < 4.78 is 15.2. The van der Waals surface area contributed by atoms with Crippen molar-refractivity contribution in [1.82, 2.24) is 40.4 Å². The molecular weight excluding hydrogens is 348 g/mol. The SMILES string of the molecule is CC(C)(C)CC(OCCCOCCC(C)(C)Cn1cnnn1)n1cnnn1. The molecule has 10 heteroatoms. The molecule has 0 bridgehead atoms. The van der Waals surface area contributed by atoms with E-state index in [9.17, 15) is 0 Å². The Morgan fingerprint density at radius 3 is 2.30 bits per heavy atom. The lowest BCUT2D eigenvalue weighted by molar-refractivity contribution is -0.0407. The molecule has 1 atom stereocenters. The summed E-state index contributed by atoms with van der Waals surface area (Å²) in [6.45, 7) is 13.6. The first-order valence-electron chi connectivity index (χ1n) is 9.38. The smallest absolute Gasteiger partial charge is 0.154 e. The van der Waals surface area contributed by atoms with E-state index in [1.54, 1.807) is 22.0 Å². The lowest BCUT2D eigenvalue weighted by Crippen LogP contribution is -2.23. The van der Waals surface area contributed by atoms with Gasteiger partial charge in [0, 0.05) is 19.8 Å². The molecule has 0 spiro atoms. The predicted molar refractivity (Wildman–Crippen MR) is 98.5 cm³/mol. The summed E-state index contributed by atoms with van der Waals surface area (Å²) in [4.78, 5) is 0. The molecule has 0 fully saturated rings. The van der Waals surface area contributed by atoms with E-state index in [-0.39, 0.29) is 17.1 Å². The van der Waals surface area contributed by atoms with Crippen molar-refractivity contribution in [2.45, 2.75) is 66.7 Å². The summed E-state index contributed by atoms with van der Waals surface area (Å²) in [5.41, 5.74) is 0.197. The number of hydrogen-bond acceptors (Lipinski definition) is 8. The summed E-state index contributed by atoms with van der Waals surface area (Å²) in [5, 5.41) is 22.6. The van der Waals surface area contributed by atoms with Crippen molar-refractivity contribution in [2.75, 3.05) is 19.8 Å². The molecule has 0 aliphatic carbocycles. The standard InChI is InChI=1S/C17H32N8O2/c1-16(2,3)11-15(25-14-19-21-23-25)27-9-6-8-26-10-7-17(4,5)12-24-13-18-20-22-24/h13-15H,6-12H2,1-5H3. The van der Waals surface area contributed by atoms with E-state index in [2.05, 4.69) is 65.7 Å². The van der Waals surface area contributed by atoms with Crippen LogP contribution in [0.2, 0.25) is 0 Å². The summed E-state index contributed by atoms with van der Waals surface area (Å²) in [6, 6.07) is 0. The first kappa shape index (κ1) is 21.4. The molecule has 1 unspecified atom stereocenters. The number of nitrogens with zero attached hydrogens (tertiary/aromatic N) is 8. The Hall–Kier alpha value is -1.94. The Kier molecular flexibility index (Phi) is 7.78. The van der Waals surface area contributed by atoms with Gasteiger partial charge in [0.25, 0.3) is 0 Å². The van der Waals surface area contributed by atoms with Crippen LogP contribution in [0.4, 0.5) is 0 Å². The highest BCUT2D eigenvalue weighted by molar-refractivity contribution is 4.69. The summed E-state index contributed by atoms with van der Waals surface area (Å²) >= 11 is 0. The topological polar surface area (TPSA) is 106 Å². The van der Waals surface area contributed by atoms with Crippen LogP contribution in [-0.4, -0.2) is 60.2 Å². The highest BCUT2D eigenvalue weighted by atomic mass is 16.5. The van der Waals surface area contributed by atoms with Crippen molar-refractivity contribution in [3.63, 3.8) is 0 Å². The third-order valence-corrected chi connectivity index (χ3v) is 4.09. The maximum atomic E-state index is 6.00. The van der Waals surface area contributed by atoms with E-state index in [4.69, 9.17) is 9.47 Å². The fourth-order valence-electron chi connectivity index (χ4n) is 2.65. The quantitative estimate of drug-likeness (QED) is 0.516. The van der Waals surface area contributed by atoms with Gasteiger partial charge >= 0.3 is 0 Å². The van der Waals surface area contributed by atoms with Gasteiger partial charge in [-0.2, -0.15) is 0 Å². The molecule has 2 rings (SSSR count). The second-order valence-electron chi connectivity index (χ2n) is 8.77. The molecule has 0 saturated carbocycles. The number of hydrogen-bond donors (Lipinski definition) is 0. The van der Waals surface area contributed by atoms with Gasteiger partial charge in [0.1, 0.15) is 12.7 Å². The van der Waals surface area contributed by atoms with Crippen molar-refractivity contribution in [3.8, 4) is 0 Å². The monoisotopic (exact) mass is 380 g/mol. The normalized spacial score (nSPS) is 13.8. The van der Waals surface area contributed by atoms with Gasteiger partial charge in [-0.05, 0) is 50.9 Å². The number of rotatable bonds is 12. The third kappa shape index (κ3) is 8.53. The Balaban J connectivity index is 1.61. The van der Waals surface area contributed by atoms with E-state index < -0.39 is 0 Å². The Morgan fingerprint density at radius 2 is 1.67 bits per heavy atom. The van der Waals surface area contributed by atoms with Crippen molar-refractivity contribution >= 4 is 0 Å². The van der Waals surface area contributed by atoms with Crippen molar-refractivity contribution in [3.05, 3.63) is 12.7 Å². The van der Waals surface area contributed by atoms with E-state index in [0.29, 0.717) is 19.8 Å². The van der Waals surface area contributed by atoms with Gasteiger partial charge in [0.15, 0.2) is 6.23 Å². The Bertz CT molecular complexity index is 622. The second-order valence-corrected chi connectivity index (χ2v) is 8.77. The van der Waals surface area contributed by atoms with Crippen LogP contribution in [-0.2, 0) is 16.0 Å². The third-order valence-electron chi connectivity index (χ3n) is 4.09. The molecular formula is C17H32N8O2. The molecule has 0 N–H and O–H groups in total. The zero-order chi connectivity index (χ0) is 19.8. The average molecular weight is 380 g/mol. The van der Waals surface area contributed by atoms with Gasteiger partial charge in [-0.25, -0.2) is 9.36 Å². The molecule has 0 saturated heterocycles. The van der Waals surface area contributed by atoms with Crippen molar-refractivity contribution < 1.29 is 9.47 Å². The number of aromatic nitrogens is 8. The van der Waals surface area contributed by atoms with Gasteiger partial charge in [0.2, 0.25) is 0 Å².